The van der Waals surface area contributed by atoms with E-state index in [1.807, 2.05) is 49.3 Å². The van der Waals surface area contributed by atoms with Gasteiger partial charge in [-0.25, -0.2) is 0 Å². The number of carbonyl (C=O) groups is 2. The smallest absolute Gasteiger partial charge is 0.313 e. The first-order valence-electron chi connectivity index (χ1n) is 7.57. The molecule has 0 bridgehead atoms. The van der Waals surface area contributed by atoms with Gasteiger partial charge in [0, 0.05) is 18.3 Å². The van der Waals surface area contributed by atoms with Crippen molar-refractivity contribution in [2.45, 2.75) is 6.04 Å². The summed E-state index contributed by atoms with van der Waals surface area (Å²) in [4.78, 5) is 25.9. The second-order valence-electron chi connectivity index (χ2n) is 5.60. The van der Waals surface area contributed by atoms with E-state index in [1.54, 1.807) is 12.1 Å². The topological polar surface area (TPSA) is 81.7 Å². The Labute approximate surface area is 141 Å². The zero-order valence-corrected chi connectivity index (χ0v) is 13.7. The lowest BCUT2D eigenvalue weighted by atomic mass is 10.1. The molecular formula is C18H21N3O3. The third-order valence-corrected chi connectivity index (χ3v) is 3.57. The molecule has 0 unspecified atom stereocenters. The molecule has 0 radical (unpaired) electrons. The van der Waals surface area contributed by atoms with E-state index >= 15 is 0 Å². The van der Waals surface area contributed by atoms with E-state index in [1.165, 1.54) is 12.1 Å². The van der Waals surface area contributed by atoms with Gasteiger partial charge in [0.15, 0.2) is 0 Å². The van der Waals surface area contributed by atoms with Crippen LogP contribution in [0, 0.1) is 0 Å². The fourth-order valence-corrected chi connectivity index (χ4v) is 2.31. The Balaban J connectivity index is 1.94. The molecule has 0 saturated heterocycles. The monoisotopic (exact) mass is 327 g/mol. The van der Waals surface area contributed by atoms with Gasteiger partial charge in [0.25, 0.3) is 0 Å². The number of rotatable bonds is 5. The Morgan fingerprint density at radius 2 is 1.75 bits per heavy atom. The highest BCUT2D eigenvalue weighted by molar-refractivity contribution is 6.39. The predicted octanol–water partition coefficient (Wildman–Crippen LogP) is 1.75. The van der Waals surface area contributed by atoms with Gasteiger partial charge in [-0.05, 0) is 31.8 Å². The number of anilines is 1. The van der Waals surface area contributed by atoms with Gasteiger partial charge >= 0.3 is 11.8 Å². The molecule has 2 aromatic carbocycles. The maximum absolute atomic E-state index is 12.0. The lowest BCUT2D eigenvalue weighted by molar-refractivity contribution is -0.136. The number of carbonyl (C=O) groups excluding carboxylic acids is 2. The maximum atomic E-state index is 12.0. The first kappa shape index (κ1) is 17.5. The summed E-state index contributed by atoms with van der Waals surface area (Å²) in [5.41, 5.74) is 1.42. The van der Waals surface area contributed by atoms with E-state index in [-0.39, 0.29) is 11.8 Å². The highest BCUT2D eigenvalue weighted by Gasteiger charge is 2.18. The van der Waals surface area contributed by atoms with Gasteiger partial charge < -0.3 is 20.6 Å². The normalized spacial score (nSPS) is 11.8. The number of hydrogen-bond donors (Lipinski definition) is 3. The largest absolute Gasteiger partial charge is 0.508 e. The van der Waals surface area contributed by atoms with Crippen LogP contribution in [0.2, 0.25) is 0 Å². The number of likely N-dealkylation sites (N-methyl/N-ethyl adjacent to an activating group) is 1. The van der Waals surface area contributed by atoms with Crippen molar-refractivity contribution in [1.82, 2.24) is 10.2 Å². The number of phenols is 1. The average Bonchev–Trinajstić information content (AvgIpc) is 2.55. The second kappa shape index (κ2) is 8.12. The van der Waals surface area contributed by atoms with Crippen LogP contribution in [-0.2, 0) is 9.59 Å². The van der Waals surface area contributed by atoms with Gasteiger partial charge in [-0.3, -0.25) is 9.59 Å². The lowest BCUT2D eigenvalue weighted by Gasteiger charge is -2.25. The molecule has 0 fully saturated rings. The molecule has 0 saturated carbocycles. The van der Waals surface area contributed by atoms with Crippen LogP contribution in [0.4, 0.5) is 5.69 Å². The zero-order chi connectivity index (χ0) is 17.5. The fraction of sp³-hybridized carbons (Fsp3) is 0.222. The minimum atomic E-state index is -0.772. The van der Waals surface area contributed by atoms with Crippen molar-refractivity contribution in [2.24, 2.45) is 0 Å². The number of aromatic hydroxyl groups is 1. The van der Waals surface area contributed by atoms with Gasteiger partial charge in [0.2, 0.25) is 0 Å². The Morgan fingerprint density at radius 3 is 2.38 bits per heavy atom. The van der Waals surface area contributed by atoms with Crippen molar-refractivity contribution >= 4 is 17.5 Å². The summed E-state index contributed by atoms with van der Waals surface area (Å²) in [6.45, 7) is 0.309. The van der Waals surface area contributed by atoms with E-state index in [0.29, 0.717) is 12.2 Å². The SMILES string of the molecule is CN(C)[C@@H](CNC(=O)C(=O)Nc1cccc(O)c1)c1ccccc1. The molecule has 1 atom stereocenters. The first-order chi connectivity index (χ1) is 11.5. The highest BCUT2D eigenvalue weighted by Crippen LogP contribution is 2.17. The molecule has 3 N–H and O–H groups in total. The van der Waals surface area contributed by atoms with Crippen LogP contribution >= 0.6 is 0 Å². The Bertz CT molecular complexity index is 702. The summed E-state index contributed by atoms with van der Waals surface area (Å²) in [6, 6.07) is 15.7. The van der Waals surface area contributed by atoms with Gasteiger partial charge in [0.1, 0.15) is 5.75 Å². The molecule has 24 heavy (non-hydrogen) atoms. The molecule has 2 rings (SSSR count). The summed E-state index contributed by atoms with van der Waals surface area (Å²) >= 11 is 0. The van der Waals surface area contributed by atoms with Crippen LogP contribution in [0.1, 0.15) is 11.6 Å². The molecule has 6 heteroatoms. The summed E-state index contributed by atoms with van der Waals surface area (Å²) in [5, 5.41) is 14.5. The van der Waals surface area contributed by atoms with Crippen molar-refractivity contribution < 1.29 is 14.7 Å². The van der Waals surface area contributed by atoms with Crippen molar-refractivity contribution in [3.8, 4) is 5.75 Å². The number of hydrogen-bond acceptors (Lipinski definition) is 4. The molecule has 0 heterocycles. The van der Waals surface area contributed by atoms with E-state index < -0.39 is 11.8 Å². The van der Waals surface area contributed by atoms with E-state index in [2.05, 4.69) is 10.6 Å². The quantitative estimate of drug-likeness (QED) is 0.731. The predicted molar refractivity (Wildman–Crippen MR) is 92.6 cm³/mol. The molecule has 0 aliphatic rings. The van der Waals surface area contributed by atoms with Crippen LogP contribution in [0.5, 0.6) is 5.75 Å². The van der Waals surface area contributed by atoms with Crippen LogP contribution in [0.15, 0.2) is 54.6 Å². The summed E-state index contributed by atoms with van der Waals surface area (Å²) in [7, 11) is 3.83. The van der Waals surface area contributed by atoms with E-state index in [9.17, 15) is 14.7 Å². The van der Waals surface area contributed by atoms with Crippen molar-refractivity contribution in [1.29, 1.82) is 0 Å². The average molecular weight is 327 g/mol. The maximum Gasteiger partial charge on any atom is 0.313 e. The van der Waals surface area contributed by atoms with Gasteiger partial charge in [-0.1, -0.05) is 36.4 Å². The molecule has 0 aromatic heterocycles. The number of nitrogens with zero attached hydrogens (tertiary/aromatic N) is 1. The summed E-state index contributed by atoms with van der Waals surface area (Å²) in [5.74, 6) is -1.47. The number of nitrogens with one attached hydrogen (secondary N) is 2. The molecular weight excluding hydrogens is 306 g/mol. The van der Waals surface area contributed by atoms with Crippen LogP contribution in [0.3, 0.4) is 0 Å². The van der Waals surface area contributed by atoms with Crippen LogP contribution in [0.25, 0.3) is 0 Å². The van der Waals surface area contributed by atoms with E-state index in [4.69, 9.17) is 0 Å². The fourth-order valence-electron chi connectivity index (χ4n) is 2.31. The molecule has 0 aliphatic heterocycles. The third-order valence-electron chi connectivity index (χ3n) is 3.57. The Kier molecular flexibility index (Phi) is 5.92. The van der Waals surface area contributed by atoms with E-state index in [0.717, 1.165) is 5.56 Å². The van der Waals surface area contributed by atoms with Crippen molar-refractivity contribution in [3.05, 3.63) is 60.2 Å². The minimum absolute atomic E-state index is 0.0185. The highest BCUT2D eigenvalue weighted by atomic mass is 16.3. The molecule has 2 aromatic rings. The molecule has 126 valence electrons. The Hall–Kier alpha value is -2.86. The minimum Gasteiger partial charge on any atom is -0.508 e. The summed E-state index contributed by atoms with van der Waals surface area (Å²) in [6.07, 6.45) is 0. The molecule has 0 spiro atoms. The molecule has 0 aliphatic carbocycles. The second-order valence-corrected chi connectivity index (χ2v) is 5.60. The van der Waals surface area contributed by atoms with Crippen LogP contribution in [-0.4, -0.2) is 42.5 Å². The molecule has 2 amide bonds. The summed E-state index contributed by atoms with van der Waals surface area (Å²) < 4.78 is 0. The number of phenolic OH excluding ortho intramolecular Hbond substituents is 1. The number of benzene rings is 2. The van der Waals surface area contributed by atoms with Crippen molar-refractivity contribution in [2.75, 3.05) is 26.0 Å². The first-order valence-corrected chi connectivity index (χ1v) is 7.57. The number of amides is 2. The van der Waals surface area contributed by atoms with Gasteiger partial charge in [0.05, 0.1) is 6.04 Å². The van der Waals surface area contributed by atoms with Crippen molar-refractivity contribution in [3.63, 3.8) is 0 Å². The zero-order valence-electron chi connectivity index (χ0n) is 13.7. The standard InChI is InChI=1S/C18H21N3O3/c1-21(2)16(13-7-4-3-5-8-13)12-19-17(23)18(24)20-14-9-6-10-15(22)11-14/h3-11,16,22H,12H2,1-2H3,(H,19,23)(H,20,24)/t16-/m0/s1. The molecule has 6 nitrogen and oxygen atoms in total. The Morgan fingerprint density at radius 1 is 1.04 bits per heavy atom. The van der Waals surface area contributed by atoms with Gasteiger partial charge in [-0.2, -0.15) is 0 Å². The van der Waals surface area contributed by atoms with Crippen LogP contribution < -0.4 is 10.6 Å². The lowest BCUT2D eigenvalue weighted by Crippen LogP contribution is -2.40. The third kappa shape index (κ3) is 4.82. The van der Waals surface area contributed by atoms with Gasteiger partial charge in [-0.15, -0.1) is 0 Å².